The van der Waals surface area contributed by atoms with Gasteiger partial charge < -0.3 is 20.2 Å². The van der Waals surface area contributed by atoms with E-state index in [1.54, 1.807) is 25.5 Å². The number of urea groups is 1. The van der Waals surface area contributed by atoms with Gasteiger partial charge in [0.25, 0.3) is 0 Å². The van der Waals surface area contributed by atoms with Gasteiger partial charge in [-0.05, 0) is 51.3 Å². The zero-order valence-electron chi connectivity index (χ0n) is 20.4. The number of carboxylic acids is 1. The third-order valence-electron chi connectivity index (χ3n) is 6.11. The zero-order valence-corrected chi connectivity index (χ0v) is 21.3. The van der Waals surface area contributed by atoms with E-state index in [1.807, 2.05) is 30.9 Å². The van der Waals surface area contributed by atoms with Crippen molar-refractivity contribution in [2.24, 2.45) is 10.6 Å². The zero-order chi connectivity index (χ0) is 25.7. The lowest BCUT2D eigenvalue weighted by Crippen LogP contribution is -2.43. The maximum Gasteiger partial charge on any atom is 0.321 e. The molecule has 1 saturated heterocycles. The summed E-state index contributed by atoms with van der Waals surface area (Å²) in [7, 11) is 0. The molecule has 3 N–H and O–H groups in total. The fourth-order valence-electron chi connectivity index (χ4n) is 3.89. The molecule has 11 nitrogen and oxygen atoms in total. The summed E-state index contributed by atoms with van der Waals surface area (Å²) in [5.74, 6) is -0.184. The minimum absolute atomic E-state index is 0.313. The standard InChI is InChI=1S/C24H29N7O4S/c1-4-25-22(34)30-23-29-18-11-15(10-16(19(18)36-23)14-28-35-5-2)17-12-26-21(27-13-17)31-8-6-24(3,7-9-31)20(32)33/h10-14H,4-9H2,1-3H3,(H,32,33)(H2,25,29,30,34). The summed E-state index contributed by atoms with van der Waals surface area (Å²) in [5, 5.41) is 19.4. The molecule has 0 aliphatic carbocycles. The first-order valence-corrected chi connectivity index (χ1v) is 12.6. The number of carboxylic acid groups (broad SMARTS) is 1. The number of benzene rings is 1. The first-order chi connectivity index (χ1) is 17.3. The summed E-state index contributed by atoms with van der Waals surface area (Å²) in [6, 6.07) is 3.56. The average molecular weight is 512 g/mol. The van der Waals surface area contributed by atoms with Crippen LogP contribution in [0.1, 0.15) is 39.2 Å². The van der Waals surface area contributed by atoms with Gasteiger partial charge in [-0.2, -0.15) is 0 Å². The summed E-state index contributed by atoms with van der Waals surface area (Å²) in [6.07, 6.45) is 6.22. The van der Waals surface area contributed by atoms with Gasteiger partial charge in [0, 0.05) is 43.2 Å². The highest BCUT2D eigenvalue weighted by Crippen LogP contribution is 2.34. The lowest BCUT2D eigenvalue weighted by atomic mass is 9.80. The molecule has 1 aromatic carbocycles. The molecule has 3 aromatic rings. The van der Waals surface area contributed by atoms with Crippen molar-refractivity contribution in [1.29, 1.82) is 0 Å². The molecular formula is C24H29N7O4S. The smallest absolute Gasteiger partial charge is 0.321 e. The van der Waals surface area contributed by atoms with E-state index in [0.717, 1.165) is 21.4 Å². The number of carbonyl (C=O) groups excluding carboxylic acids is 1. The second-order valence-corrected chi connectivity index (χ2v) is 9.69. The van der Waals surface area contributed by atoms with Crippen molar-refractivity contribution >= 4 is 50.8 Å². The second-order valence-electron chi connectivity index (χ2n) is 8.69. The topological polar surface area (TPSA) is 142 Å². The van der Waals surface area contributed by atoms with Gasteiger partial charge in [-0.1, -0.05) is 16.5 Å². The Hall–Kier alpha value is -3.80. The van der Waals surface area contributed by atoms with Gasteiger partial charge >= 0.3 is 12.0 Å². The van der Waals surface area contributed by atoms with Crippen LogP contribution in [0.25, 0.3) is 21.3 Å². The number of amides is 2. The molecule has 0 spiro atoms. The van der Waals surface area contributed by atoms with Gasteiger partial charge in [0.2, 0.25) is 5.95 Å². The Balaban J connectivity index is 1.60. The Labute approximate surface area is 212 Å². The van der Waals surface area contributed by atoms with Crippen molar-refractivity contribution in [2.45, 2.75) is 33.6 Å². The Morgan fingerprint density at radius 2 is 1.94 bits per heavy atom. The van der Waals surface area contributed by atoms with Crippen LogP contribution in [-0.2, 0) is 9.63 Å². The molecule has 0 radical (unpaired) electrons. The molecule has 0 atom stereocenters. The first-order valence-electron chi connectivity index (χ1n) is 11.8. The highest BCUT2D eigenvalue weighted by atomic mass is 32.1. The second kappa shape index (κ2) is 10.9. The number of carbonyl (C=O) groups is 2. The minimum atomic E-state index is -0.760. The third-order valence-corrected chi connectivity index (χ3v) is 7.15. The van der Waals surface area contributed by atoms with E-state index in [1.165, 1.54) is 11.3 Å². The number of aliphatic carboxylic acids is 1. The van der Waals surface area contributed by atoms with Gasteiger partial charge in [-0.25, -0.2) is 19.7 Å². The quantitative estimate of drug-likeness (QED) is 0.305. The molecule has 2 aromatic heterocycles. The monoisotopic (exact) mass is 511 g/mol. The van der Waals surface area contributed by atoms with E-state index in [9.17, 15) is 14.7 Å². The molecule has 12 heteroatoms. The number of aromatic nitrogens is 3. The molecule has 1 fully saturated rings. The highest BCUT2D eigenvalue weighted by Gasteiger charge is 2.37. The average Bonchev–Trinajstić information content (AvgIpc) is 3.27. The number of hydrogen-bond acceptors (Lipinski definition) is 9. The van der Waals surface area contributed by atoms with Crippen LogP contribution in [0.5, 0.6) is 0 Å². The van der Waals surface area contributed by atoms with Crippen molar-refractivity contribution < 1.29 is 19.5 Å². The summed E-state index contributed by atoms with van der Waals surface area (Å²) in [5.41, 5.74) is 2.44. The summed E-state index contributed by atoms with van der Waals surface area (Å²) in [6.45, 7) is 7.63. The Kier molecular flexibility index (Phi) is 7.63. The largest absolute Gasteiger partial charge is 0.481 e. The van der Waals surface area contributed by atoms with Crippen molar-refractivity contribution in [1.82, 2.24) is 20.3 Å². The number of piperidine rings is 1. The Morgan fingerprint density at radius 1 is 1.22 bits per heavy atom. The van der Waals surface area contributed by atoms with E-state index in [4.69, 9.17) is 4.84 Å². The van der Waals surface area contributed by atoms with Gasteiger partial charge in [0.05, 0.1) is 21.8 Å². The molecule has 3 heterocycles. The van der Waals surface area contributed by atoms with E-state index >= 15 is 0 Å². The van der Waals surface area contributed by atoms with E-state index in [2.05, 4.69) is 30.7 Å². The molecule has 190 valence electrons. The molecule has 0 unspecified atom stereocenters. The Bertz CT molecular complexity index is 1270. The SMILES string of the molecule is CCNC(=O)Nc1nc2cc(-c3cnc(N4CCC(C)(C(=O)O)CC4)nc3)cc(C=NOCC)c2s1. The van der Waals surface area contributed by atoms with E-state index in [0.29, 0.717) is 55.7 Å². The molecule has 1 aliphatic rings. The first kappa shape index (κ1) is 25.3. The van der Waals surface area contributed by atoms with Gasteiger partial charge in [-0.15, -0.1) is 0 Å². The molecule has 2 amide bonds. The highest BCUT2D eigenvalue weighted by molar-refractivity contribution is 7.22. The number of fused-ring (bicyclic) bond motifs is 1. The number of nitrogens with zero attached hydrogens (tertiary/aromatic N) is 5. The van der Waals surface area contributed by atoms with Crippen LogP contribution >= 0.6 is 11.3 Å². The minimum Gasteiger partial charge on any atom is -0.481 e. The van der Waals surface area contributed by atoms with E-state index in [-0.39, 0.29) is 6.03 Å². The van der Waals surface area contributed by atoms with Crippen molar-refractivity contribution in [3.05, 3.63) is 30.1 Å². The summed E-state index contributed by atoms with van der Waals surface area (Å²) < 4.78 is 0.862. The van der Waals surface area contributed by atoms with Crippen molar-refractivity contribution in [2.75, 3.05) is 36.5 Å². The number of oxime groups is 1. The van der Waals surface area contributed by atoms with Gasteiger partial charge in [0.15, 0.2) is 5.13 Å². The fourth-order valence-corrected chi connectivity index (χ4v) is 4.81. The lowest BCUT2D eigenvalue weighted by Gasteiger charge is -2.36. The van der Waals surface area contributed by atoms with Crippen LogP contribution in [0, 0.1) is 5.41 Å². The molecule has 4 rings (SSSR count). The fraction of sp³-hybridized carbons (Fsp3) is 0.417. The number of anilines is 2. The predicted octanol–water partition coefficient (Wildman–Crippen LogP) is 3.96. The van der Waals surface area contributed by atoms with Crippen LogP contribution in [0.3, 0.4) is 0 Å². The van der Waals surface area contributed by atoms with Crippen molar-refractivity contribution in [3.8, 4) is 11.1 Å². The van der Waals surface area contributed by atoms with Crippen LogP contribution in [0.15, 0.2) is 29.7 Å². The lowest BCUT2D eigenvalue weighted by molar-refractivity contribution is -0.149. The van der Waals surface area contributed by atoms with Crippen molar-refractivity contribution in [3.63, 3.8) is 0 Å². The molecular weight excluding hydrogens is 482 g/mol. The van der Waals surface area contributed by atoms with Crippen LogP contribution in [0.4, 0.5) is 15.9 Å². The molecule has 1 aliphatic heterocycles. The van der Waals surface area contributed by atoms with Crippen LogP contribution in [-0.4, -0.2) is 64.5 Å². The van der Waals surface area contributed by atoms with E-state index < -0.39 is 11.4 Å². The summed E-state index contributed by atoms with van der Waals surface area (Å²) >= 11 is 1.35. The summed E-state index contributed by atoms with van der Waals surface area (Å²) in [4.78, 5) is 44.3. The van der Waals surface area contributed by atoms with Gasteiger partial charge in [-0.3, -0.25) is 10.1 Å². The maximum absolute atomic E-state index is 12.0. The van der Waals surface area contributed by atoms with Gasteiger partial charge in [0.1, 0.15) is 6.61 Å². The van der Waals surface area contributed by atoms with Crippen LogP contribution in [0.2, 0.25) is 0 Å². The molecule has 0 saturated carbocycles. The maximum atomic E-state index is 12.0. The predicted molar refractivity (Wildman–Crippen MR) is 140 cm³/mol. The number of thiazole rings is 1. The number of rotatable bonds is 8. The number of nitrogens with one attached hydrogen (secondary N) is 2. The number of hydrogen-bond donors (Lipinski definition) is 3. The normalized spacial score (nSPS) is 15.2. The third kappa shape index (κ3) is 5.54. The van der Waals surface area contributed by atoms with Crippen LogP contribution < -0.4 is 15.5 Å². The Morgan fingerprint density at radius 3 is 2.58 bits per heavy atom. The molecule has 0 bridgehead atoms. The molecule has 36 heavy (non-hydrogen) atoms.